The maximum atomic E-state index is 10.3. The lowest BCUT2D eigenvalue weighted by Gasteiger charge is -2.14. The van der Waals surface area contributed by atoms with Gasteiger partial charge >= 0.3 is 5.97 Å². The number of carbonyl (C=O) groups is 1. The zero-order chi connectivity index (χ0) is 17.5. The maximum Gasteiger partial charge on any atom is 0.303 e. The Morgan fingerprint density at radius 1 is 0.957 bits per heavy atom. The third kappa shape index (κ3) is 14.2. The van der Waals surface area contributed by atoms with Gasteiger partial charge in [0.15, 0.2) is 0 Å². The van der Waals surface area contributed by atoms with Crippen molar-refractivity contribution in [1.82, 2.24) is 0 Å². The van der Waals surface area contributed by atoms with Gasteiger partial charge in [0.25, 0.3) is 0 Å². The molecular formula is C18H32O5. The second kappa shape index (κ2) is 14.4. The third-order valence-electron chi connectivity index (χ3n) is 3.60. The van der Waals surface area contributed by atoms with E-state index in [-0.39, 0.29) is 6.42 Å². The van der Waals surface area contributed by atoms with E-state index in [1.54, 1.807) is 0 Å². The molecule has 0 aliphatic carbocycles. The summed E-state index contributed by atoms with van der Waals surface area (Å²) in [5.41, 5.74) is 0. The molecule has 0 saturated heterocycles. The Morgan fingerprint density at radius 2 is 1.61 bits per heavy atom. The fraction of sp³-hybridized carbons (Fsp3) is 0.722. The average molecular weight is 328 g/mol. The molecule has 5 nitrogen and oxygen atoms in total. The molecule has 0 unspecified atom stereocenters. The van der Waals surface area contributed by atoms with Crippen molar-refractivity contribution in [3.05, 3.63) is 24.3 Å². The van der Waals surface area contributed by atoms with E-state index >= 15 is 0 Å². The van der Waals surface area contributed by atoms with Crippen LogP contribution in [-0.2, 0) is 4.79 Å². The molecule has 0 radical (unpaired) electrons. The summed E-state index contributed by atoms with van der Waals surface area (Å²) in [7, 11) is 0. The number of allylic oxidation sites excluding steroid dienone is 1. The number of aliphatic carboxylic acids is 1. The lowest BCUT2D eigenvalue weighted by atomic mass is 10.0. The molecule has 4 N–H and O–H groups in total. The van der Waals surface area contributed by atoms with Crippen molar-refractivity contribution in [1.29, 1.82) is 0 Å². The van der Waals surface area contributed by atoms with E-state index in [1.807, 2.05) is 19.1 Å². The standard InChI is InChI=1S/C18H32O5/c1-2-3-7-10-15(19)13-14-17(21)16(20)11-8-5-4-6-9-12-18(22)23/h3,7,13-17,19-21H,2,4-6,8-12H2,1H3,(H,22,23)/b7-3-,14-13+/t15-,16+,17+/m1/s1. The lowest BCUT2D eigenvalue weighted by Crippen LogP contribution is -2.24. The minimum Gasteiger partial charge on any atom is -0.481 e. The van der Waals surface area contributed by atoms with Crippen molar-refractivity contribution in [2.24, 2.45) is 0 Å². The van der Waals surface area contributed by atoms with E-state index in [1.165, 1.54) is 12.2 Å². The van der Waals surface area contributed by atoms with Gasteiger partial charge in [-0.05, 0) is 25.7 Å². The largest absolute Gasteiger partial charge is 0.481 e. The van der Waals surface area contributed by atoms with Gasteiger partial charge in [-0.15, -0.1) is 0 Å². The molecule has 3 atom stereocenters. The minimum atomic E-state index is -0.966. The maximum absolute atomic E-state index is 10.3. The summed E-state index contributed by atoms with van der Waals surface area (Å²) in [6.07, 6.45) is 10.7. The van der Waals surface area contributed by atoms with E-state index in [4.69, 9.17) is 5.11 Å². The molecule has 0 aromatic carbocycles. The Kier molecular flexibility index (Phi) is 13.7. The molecule has 0 heterocycles. The SMILES string of the molecule is CC/C=C\C[C@@H](O)/C=C/[C@H](O)[C@@H](O)CCCCCCCC(=O)O. The molecule has 134 valence electrons. The summed E-state index contributed by atoms with van der Waals surface area (Å²) in [6, 6.07) is 0. The van der Waals surface area contributed by atoms with Crippen molar-refractivity contribution in [3.63, 3.8) is 0 Å². The second-order valence-corrected chi connectivity index (χ2v) is 5.83. The van der Waals surface area contributed by atoms with Crippen LogP contribution in [0.25, 0.3) is 0 Å². The van der Waals surface area contributed by atoms with Gasteiger partial charge in [-0.25, -0.2) is 0 Å². The molecule has 0 saturated carbocycles. The number of unbranched alkanes of at least 4 members (excludes halogenated alkanes) is 4. The molecule has 0 aromatic heterocycles. The monoisotopic (exact) mass is 328 g/mol. The van der Waals surface area contributed by atoms with Crippen LogP contribution in [0, 0.1) is 0 Å². The topological polar surface area (TPSA) is 98.0 Å². The number of carboxylic acids is 1. The zero-order valence-corrected chi connectivity index (χ0v) is 14.1. The van der Waals surface area contributed by atoms with Crippen LogP contribution in [0.3, 0.4) is 0 Å². The van der Waals surface area contributed by atoms with Gasteiger partial charge in [-0.3, -0.25) is 4.79 Å². The van der Waals surface area contributed by atoms with Crippen molar-refractivity contribution < 1.29 is 25.2 Å². The van der Waals surface area contributed by atoms with Crippen LogP contribution < -0.4 is 0 Å². The summed E-state index contributed by atoms with van der Waals surface area (Å²) < 4.78 is 0. The van der Waals surface area contributed by atoms with Gasteiger partial charge in [0.2, 0.25) is 0 Å². The van der Waals surface area contributed by atoms with Crippen LogP contribution in [0.15, 0.2) is 24.3 Å². The van der Waals surface area contributed by atoms with E-state index < -0.39 is 24.3 Å². The zero-order valence-electron chi connectivity index (χ0n) is 14.1. The molecule has 0 aliphatic rings. The van der Waals surface area contributed by atoms with Crippen molar-refractivity contribution in [2.45, 2.75) is 83.0 Å². The van der Waals surface area contributed by atoms with Gasteiger partial charge in [0, 0.05) is 6.42 Å². The van der Waals surface area contributed by atoms with E-state index in [0.717, 1.165) is 32.1 Å². The number of carboxylic acid groups (broad SMARTS) is 1. The molecule has 0 rings (SSSR count). The summed E-state index contributed by atoms with van der Waals surface area (Å²) in [5, 5.41) is 37.8. The van der Waals surface area contributed by atoms with Crippen LogP contribution >= 0.6 is 0 Å². The number of aliphatic hydroxyl groups is 3. The quantitative estimate of drug-likeness (QED) is 0.290. The molecule has 0 aromatic rings. The Morgan fingerprint density at radius 3 is 2.26 bits per heavy atom. The first-order valence-electron chi connectivity index (χ1n) is 8.56. The molecule has 5 heteroatoms. The van der Waals surface area contributed by atoms with Crippen molar-refractivity contribution >= 4 is 5.97 Å². The van der Waals surface area contributed by atoms with Crippen LogP contribution in [0.5, 0.6) is 0 Å². The number of hydrogen-bond acceptors (Lipinski definition) is 4. The van der Waals surface area contributed by atoms with Gasteiger partial charge in [0.1, 0.15) is 0 Å². The molecular weight excluding hydrogens is 296 g/mol. The fourth-order valence-corrected chi connectivity index (χ4v) is 2.18. The Bertz CT molecular complexity index is 351. The second-order valence-electron chi connectivity index (χ2n) is 5.83. The average Bonchev–Trinajstić information content (AvgIpc) is 2.51. The molecule has 0 spiro atoms. The van der Waals surface area contributed by atoms with Gasteiger partial charge in [0.05, 0.1) is 18.3 Å². The highest BCUT2D eigenvalue weighted by atomic mass is 16.4. The Hall–Kier alpha value is -1.17. The van der Waals surface area contributed by atoms with E-state index in [0.29, 0.717) is 19.3 Å². The predicted octanol–water partition coefficient (Wildman–Crippen LogP) is 2.80. The van der Waals surface area contributed by atoms with E-state index in [9.17, 15) is 20.1 Å². The van der Waals surface area contributed by atoms with E-state index in [2.05, 4.69) is 0 Å². The highest BCUT2D eigenvalue weighted by molar-refractivity contribution is 5.66. The first-order chi connectivity index (χ1) is 11.0. The number of rotatable bonds is 14. The highest BCUT2D eigenvalue weighted by Gasteiger charge is 2.13. The Labute approximate surface area is 139 Å². The van der Waals surface area contributed by atoms with Crippen LogP contribution in [0.2, 0.25) is 0 Å². The smallest absolute Gasteiger partial charge is 0.303 e. The third-order valence-corrected chi connectivity index (χ3v) is 3.60. The number of aliphatic hydroxyl groups excluding tert-OH is 3. The molecule has 0 fully saturated rings. The lowest BCUT2D eigenvalue weighted by molar-refractivity contribution is -0.137. The van der Waals surface area contributed by atoms with Gasteiger partial charge < -0.3 is 20.4 Å². The first-order valence-corrected chi connectivity index (χ1v) is 8.56. The summed E-state index contributed by atoms with van der Waals surface area (Å²) in [5.74, 6) is -0.761. The number of hydrogen-bond donors (Lipinski definition) is 4. The van der Waals surface area contributed by atoms with Crippen LogP contribution in [-0.4, -0.2) is 44.7 Å². The van der Waals surface area contributed by atoms with Crippen molar-refractivity contribution in [3.8, 4) is 0 Å². The first kappa shape index (κ1) is 21.8. The predicted molar refractivity (Wildman–Crippen MR) is 91.2 cm³/mol. The minimum absolute atomic E-state index is 0.210. The van der Waals surface area contributed by atoms with Gasteiger partial charge in [-0.1, -0.05) is 56.9 Å². The highest BCUT2D eigenvalue weighted by Crippen LogP contribution is 2.11. The van der Waals surface area contributed by atoms with Crippen LogP contribution in [0.4, 0.5) is 0 Å². The van der Waals surface area contributed by atoms with Crippen LogP contribution in [0.1, 0.15) is 64.7 Å². The normalized spacial score (nSPS) is 16.0. The molecule has 0 bridgehead atoms. The summed E-state index contributed by atoms with van der Waals surface area (Å²) >= 11 is 0. The Balaban J connectivity index is 3.74. The summed E-state index contributed by atoms with van der Waals surface area (Å²) in [4.78, 5) is 10.3. The summed E-state index contributed by atoms with van der Waals surface area (Å²) in [6.45, 7) is 2.02. The van der Waals surface area contributed by atoms with Crippen molar-refractivity contribution in [2.75, 3.05) is 0 Å². The molecule has 23 heavy (non-hydrogen) atoms. The van der Waals surface area contributed by atoms with Gasteiger partial charge in [-0.2, -0.15) is 0 Å². The fourth-order valence-electron chi connectivity index (χ4n) is 2.18. The molecule has 0 amide bonds. The molecule has 0 aliphatic heterocycles.